The van der Waals surface area contributed by atoms with Crippen LogP contribution in [0, 0.1) is 0 Å². The van der Waals surface area contributed by atoms with E-state index in [0.717, 1.165) is 0 Å². The number of carboxylic acids is 1. The van der Waals surface area contributed by atoms with Crippen LogP contribution in [-0.2, 0) is 9.53 Å². The van der Waals surface area contributed by atoms with Crippen molar-refractivity contribution >= 4 is 17.6 Å². The molecule has 0 fully saturated rings. The minimum Gasteiger partial charge on any atom is -0.480 e. The third-order valence-corrected chi connectivity index (χ3v) is 2.21. The Kier molecular flexibility index (Phi) is 3.67. The molecule has 0 aromatic carbocycles. The van der Waals surface area contributed by atoms with Gasteiger partial charge in [-0.1, -0.05) is 0 Å². The van der Waals surface area contributed by atoms with E-state index in [2.05, 4.69) is 15.0 Å². The number of aromatic nitrogens is 1. The van der Waals surface area contributed by atoms with Crippen LogP contribution in [-0.4, -0.2) is 34.7 Å². The summed E-state index contributed by atoms with van der Waals surface area (Å²) in [6, 6.07) is 1.52. The molecule has 0 bridgehead atoms. The van der Waals surface area contributed by atoms with Crippen LogP contribution in [0.25, 0.3) is 0 Å². The van der Waals surface area contributed by atoms with Gasteiger partial charge < -0.3 is 15.2 Å². The summed E-state index contributed by atoms with van der Waals surface area (Å²) in [7, 11) is 1.25. The normalized spacial score (nSPS) is 10.8. The first-order valence-electron chi connectivity index (χ1n) is 4.92. The van der Waals surface area contributed by atoms with Crippen molar-refractivity contribution in [3.05, 3.63) is 24.0 Å². The first-order valence-corrected chi connectivity index (χ1v) is 4.92. The molecule has 0 aliphatic carbocycles. The van der Waals surface area contributed by atoms with Gasteiger partial charge in [0.1, 0.15) is 11.1 Å². The molecule has 0 saturated carbocycles. The third kappa shape index (κ3) is 2.93. The van der Waals surface area contributed by atoms with E-state index in [9.17, 15) is 9.59 Å². The zero-order chi connectivity index (χ0) is 13.1. The number of carbonyl (C=O) groups excluding carboxylic acids is 1. The zero-order valence-electron chi connectivity index (χ0n) is 9.85. The molecule has 1 aromatic rings. The second-order valence-corrected chi connectivity index (χ2v) is 3.97. The van der Waals surface area contributed by atoms with Gasteiger partial charge in [0, 0.05) is 12.4 Å². The van der Waals surface area contributed by atoms with Crippen LogP contribution in [0.2, 0.25) is 0 Å². The van der Waals surface area contributed by atoms with Crippen molar-refractivity contribution in [2.45, 2.75) is 19.4 Å². The molecule has 2 N–H and O–H groups in total. The smallest absolute Gasteiger partial charge is 0.341 e. The predicted octanol–water partition coefficient (Wildman–Crippen LogP) is 1.14. The van der Waals surface area contributed by atoms with E-state index in [0.29, 0.717) is 5.69 Å². The maximum atomic E-state index is 11.4. The molecule has 1 aromatic heterocycles. The SMILES string of the molecule is COC(=O)c1cnccc1NC(C)(C)C(=O)O. The average Bonchev–Trinajstić information content (AvgIpc) is 2.28. The van der Waals surface area contributed by atoms with Gasteiger partial charge in [0.25, 0.3) is 0 Å². The summed E-state index contributed by atoms with van der Waals surface area (Å²) in [5.74, 6) is -1.59. The van der Waals surface area contributed by atoms with E-state index in [-0.39, 0.29) is 5.56 Å². The van der Waals surface area contributed by atoms with Crippen molar-refractivity contribution in [2.75, 3.05) is 12.4 Å². The summed E-state index contributed by atoms with van der Waals surface area (Å²) in [6.45, 7) is 2.99. The Labute approximate surface area is 98.6 Å². The number of carboxylic acid groups (broad SMARTS) is 1. The van der Waals surface area contributed by atoms with Crippen LogP contribution in [0.3, 0.4) is 0 Å². The molecule has 0 unspecified atom stereocenters. The maximum Gasteiger partial charge on any atom is 0.341 e. The summed E-state index contributed by atoms with van der Waals surface area (Å²) >= 11 is 0. The van der Waals surface area contributed by atoms with Crippen molar-refractivity contribution < 1.29 is 19.4 Å². The molecule has 1 rings (SSSR count). The number of rotatable bonds is 4. The highest BCUT2D eigenvalue weighted by molar-refractivity contribution is 5.96. The summed E-state index contributed by atoms with van der Waals surface area (Å²) in [5, 5.41) is 11.8. The summed E-state index contributed by atoms with van der Waals surface area (Å²) in [6.07, 6.45) is 2.79. The number of hydrogen-bond donors (Lipinski definition) is 2. The van der Waals surface area contributed by atoms with E-state index >= 15 is 0 Å². The zero-order valence-corrected chi connectivity index (χ0v) is 9.85. The lowest BCUT2D eigenvalue weighted by Gasteiger charge is -2.23. The lowest BCUT2D eigenvalue weighted by atomic mass is 10.0. The van der Waals surface area contributed by atoms with Crippen molar-refractivity contribution in [3.8, 4) is 0 Å². The monoisotopic (exact) mass is 238 g/mol. The first-order chi connectivity index (χ1) is 7.88. The molecule has 0 aliphatic rings. The molecule has 0 aliphatic heterocycles. The minimum atomic E-state index is -1.19. The fraction of sp³-hybridized carbons (Fsp3) is 0.364. The topological polar surface area (TPSA) is 88.5 Å². The second-order valence-electron chi connectivity index (χ2n) is 3.97. The number of anilines is 1. The number of ether oxygens (including phenoxy) is 1. The minimum absolute atomic E-state index is 0.198. The van der Waals surface area contributed by atoms with E-state index in [1.807, 2.05) is 0 Å². The Morgan fingerprint density at radius 2 is 2.12 bits per heavy atom. The number of aliphatic carboxylic acids is 1. The highest BCUT2D eigenvalue weighted by atomic mass is 16.5. The van der Waals surface area contributed by atoms with Gasteiger partial charge in [0.05, 0.1) is 12.8 Å². The highest BCUT2D eigenvalue weighted by Gasteiger charge is 2.28. The number of hydrogen-bond acceptors (Lipinski definition) is 5. The van der Waals surface area contributed by atoms with E-state index in [1.54, 1.807) is 0 Å². The fourth-order valence-corrected chi connectivity index (χ4v) is 1.17. The number of nitrogens with one attached hydrogen (secondary N) is 1. The molecule has 6 heteroatoms. The Morgan fingerprint density at radius 1 is 1.47 bits per heavy atom. The molecular formula is C11H14N2O4. The van der Waals surface area contributed by atoms with E-state index in [4.69, 9.17) is 5.11 Å². The third-order valence-electron chi connectivity index (χ3n) is 2.21. The molecule has 92 valence electrons. The van der Waals surface area contributed by atoms with Crippen LogP contribution >= 0.6 is 0 Å². The molecule has 0 saturated heterocycles. The van der Waals surface area contributed by atoms with Crippen LogP contribution in [0.4, 0.5) is 5.69 Å². The molecule has 1 heterocycles. The Morgan fingerprint density at radius 3 is 2.65 bits per heavy atom. The van der Waals surface area contributed by atoms with Crippen molar-refractivity contribution in [1.29, 1.82) is 0 Å². The van der Waals surface area contributed by atoms with Gasteiger partial charge in [0.2, 0.25) is 0 Å². The lowest BCUT2D eigenvalue weighted by molar-refractivity contribution is -0.141. The summed E-state index contributed by atoms with van der Waals surface area (Å²) in [5.41, 5.74) is -0.618. The van der Waals surface area contributed by atoms with Gasteiger partial charge in [-0.05, 0) is 19.9 Å². The largest absolute Gasteiger partial charge is 0.480 e. The van der Waals surface area contributed by atoms with Crippen LogP contribution < -0.4 is 5.32 Å². The van der Waals surface area contributed by atoms with Gasteiger partial charge in [-0.15, -0.1) is 0 Å². The van der Waals surface area contributed by atoms with Gasteiger partial charge in [-0.3, -0.25) is 4.98 Å². The van der Waals surface area contributed by atoms with Gasteiger partial charge in [-0.25, -0.2) is 9.59 Å². The summed E-state index contributed by atoms with van der Waals surface area (Å²) in [4.78, 5) is 26.2. The molecule has 0 amide bonds. The van der Waals surface area contributed by atoms with Crippen molar-refractivity contribution in [3.63, 3.8) is 0 Å². The van der Waals surface area contributed by atoms with Crippen molar-refractivity contribution in [1.82, 2.24) is 4.98 Å². The molecule has 6 nitrogen and oxygen atoms in total. The van der Waals surface area contributed by atoms with Gasteiger partial charge >= 0.3 is 11.9 Å². The molecule has 0 atom stereocenters. The lowest BCUT2D eigenvalue weighted by Crippen LogP contribution is -2.40. The standard InChI is InChI=1S/C11H14N2O4/c1-11(2,10(15)16)13-8-4-5-12-6-7(8)9(14)17-3/h4-6H,1-3H3,(H,12,13)(H,15,16). The van der Waals surface area contributed by atoms with Crippen LogP contribution in [0.15, 0.2) is 18.5 Å². The van der Waals surface area contributed by atoms with E-state index < -0.39 is 17.5 Å². The Bertz CT molecular complexity index is 443. The van der Waals surface area contributed by atoms with E-state index in [1.165, 1.54) is 39.4 Å². The molecule has 0 radical (unpaired) electrons. The molecule has 0 spiro atoms. The number of esters is 1. The van der Waals surface area contributed by atoms with Crippen LogP contribution in [0.5, 0.6) is 0 Å². The molecular weight excluding hydrogens is 224 g/mol. The number of methoxy groups -OCH3 is 1. The summed E-state index contributed by atoms with van der Waals surface area (Å²) < 4.78 is 4.59. The fourth-order valence-electron chi connectivity index (χ4n) is 1.17. The van der Waals surface area contributed by atoms with Crippen molar-refractivity contribution in [2.24, 2.45) is 0 Å². The Hall–Kier alpha value is -2.11. The highest BCUT2D eigenvalue weighted by Crippen LogP contribution is 2.19. The average molecular weight is 238 g/mol. The number of pyridine rings is 1. The quantitative estimate of drug-likeness (QED) is 0.765. The van der Waals surface area contributed by atoms with Gasteiger partial charge in [-0.2, -0.15) is 0 Å². The maximum absolute atomic E-state index is 11.4. The second kappa shape index (κ2) is 4.82. The first kappa shape index (κ1) is 13.0. The number of nitrogens with zero attached hydrogens (tertiary/aromatic N) is 1. The number of carbonyl (C=O) groups is 2. The van der Waals surface area contributed by atoms with Crippen LogP contribution in [0.1, 0.15) is 24.2 Å². The molecule has 17 heavy (non-hydrogen) atoms. The van der Waals surface area contributed by atoms with Gasteiger partial charge in [0.15, 0.2) is 0 Å². The Balaban J connectivity index is 3.07. The predicted molar refractivity (Wildman–Crippen MR) is 60.9 cm³/mol.